The summed E-state index contributed by atoms with van der Waals surface area (Å²) in [6.45, 7) is 2.60. The summed E-state index contributed by atoms with van der Waals surface area (Å²) in [5, 5.41) is 9.34. The maximum absolute atomic E-state index is 12.6. The highest BCUT2D eigenvalue weighted by Crippen LogP contribution is 2.33. The van der Waals surface area contributed by atoms with Gasteiger partial charge in [-0.25, -0.2) is 0 Å². The van der Waals surface area contributed by atoms with Crippen LogP contribution in [0.4, 0.5) is 0 Å². The van der Waals surface area contributed by atoms with Crippen molar-refractivity contribution >= 4 is 11.9 Å². The minimum absolute atomic E-state index is 0.149. The number of carboxylic acid groups (broad SMARTS) is 1. The van der Waals surface area contributed by atoms with E-state index in [4.69, 9.17) is 9.47 Å². The molecule has 2 aliphatic heterocycles. The van der Waals surface area contributed by atoms with E-state index in [0.29, 0.717) is 30.9 Å². The van der Waals surface area contributed by atoms with Crippen LogP contribution in [0, 0.1) is 5.41 Å². The van der Waals surface area contributed by atoms with Crippen LogP contribution >= 0.6 is 0 Å². The number of benzene rings is 1. The Morgan fingerprint density at radius 2 is 2.05 bits per heavy atom. The molecule has 22 heavy (non-hydrogen) atoms. The van der Waals surface area contributed by atoms with Gasteiger partial charge in [0.1, 0.15) is 6.61 Å². The second-order valence-corrected chi connectivity index (χ2v) is 6.09. The van der Waals surface area contributed by atoms with Gasteiger partial charge in [0.05, 0.1) is 5.41 Å². The Bertz CT molecular complexity index is 602. The summed E-state index contributed by atoms with van der Waals surface area (Å²) in [6.07, 6.45) is 0.543. The van der Waals surface area contributed by atoms with Gasteiger partial charge in [-0.2, -0.15) is 0 Å². The van der Waals surface area contributed by atoms with Crippen LogP contribution in [0.15, 0.2) is 24.3 Å². The Morgan fingerprint density at radius 3 is 2.77 bits per heavy atom. The van der Waals surface area contributed by atoms with Crippen LogP contribution in [-0.4, -0.2) is 47.7 Å². The zero-order valence-electron chi connectivity index (χ0n) is 12.4. The van der Waals surface area contributed by atoms with E-state index < -0.39 is 17.5 Å². The first-order valence-corrected chi connectivity index (χ1v) is 7.40. The molecule has 1 aromatic carbocycles. The van der Waals surface area contributed by atoms with Gasteiger partial charge in [-0.15, -0.1) is 0 Å². The number of carbonyl (C=O) groups is 2. The van der Waals surface area contributed by atoms with Crippen LogP contribution in [0.5, 0.6) is 11.5 Å². The molecule has 118 valence electrons. The maximum Gasteiger partial charge on any atom is 0.311 e. The summed E-state index contributed by atoms with van der Waals surface area (Å²) in [6, 6.07) is 7.20. The van der Waals surface area contributed by atoms with Crippen molar-refractivity contribution in [3.63, 3.8) is 0 Å². The quantitative estimate of drug-likeness (QED) is 0.897. The molecule has 1 N–H and O–H groups in total. The molecule has 0 radical (unpaired) electrons. The number of hydrogen-bond donors (Lipinski definition) is 1. The predicted octanol–water partition coefficient (Wildman–Crippen LogP) is 1.54. The molecular formula is C16H19NO5. The minimum Gasteiger partial charge on any atom is -0.485 e. The van der Waals surface area contributed by atoms with Gasteiger partial charge in [-0.1, -0.05) is 12.1 Å². The molecule has 2 atom stereocenters. The van der Waals surface area contributed by atoms with Gasteiger partial charge in [-0.05, 0) is 31.9 Å². The maximum atomic E-state index is 12.6. The summed E-state index contributed by atoms with van der Waals surface area (Å²) in [5.74, 6) is 0.100. The molecule has 0 aromatic heterocycles. The normalized spacial score (nSPS) is 27.3. The molecule has 2 aliphatic rings. The third kappa shape index (κ3) is 2.61. The second-order valence-electron chi connectivity index (χ2n) is 6.09. The van der Waals surface area contributed by atoms with Gasteiger partial charge in [0.25, 0.3) is 5.91 Å². The number of carbonyl (C=O) groups excluding carboxylic acids is 1. The Morgan fingerprint density at radius 1 is 1.32 bits per heavy atom. The third-order valence-electron chi connectivity index (χ3n) is 4.31. The largest absolute Gasteiger partial charge is 0.485 e. The Hall–Kier alpha value is -2.24. The van der Waals surface area contributed by atoms with Crippen LogP contribution in [-0.2, 0) is 9.59 Å². The van der Waals surface area contributed by atoms with Crippen molar-refractivity contribution in [1.29, 1.82) is 0 Å². The third-order valence-corrected chi connectivity index (χ3v) is 4.31. The lowest BCUT2D eigenvalue weighted by Gasteiger charge is -2.39. The first-order chi connectivity index (χ1) is 10.5. The number of ether oxygens (including phenoxy) is 2. The van der Waals surface area contributed by atoms with Crippen molar-refractivity contribution in [2.45, 2.75) is 25.9 Å². The molecule has 6 heteroatoms. The van der Waals surface area contributed by atoms with Gasteiger partial charge < -0.3 is 19.5 Å². The number of piperidine rings is 1. The van der Waals surface area contributed by atoms with Gasteiger partial charge in [0.2, 0.25) is 6.10 Å². The monoisotopic (exact) mass is 305 g/mol. The summed E-state index contributed by atoms with van der Waals surface area (Å²) >= 11 is 0. The van der Waals surface area contributed by atoms with Gasteiger partial charge in [-0.3, -0.25) is 9.59 Å². The van der Waals surface area contributed by atoms with Crippen molar-refractivity contribution in [2.75, 3.05) is 19.7 Å². The number of rotatable bonds is 2. The van der Waals surface area contributed by atoms with Crippen molar-refractivity contribution in [2.24, 2.45) is 5.41 Å². The molecule has 0 aliphatic carbocycles. The number of nitrogens with zero attached hydrogens (tertiary/aromatic N) is 1. The highest BCUT2D eigenvalue weighted by atomic mass is 16.6. The highest BCUT2D eigenvalue weighted by molar-refractivity contribution is 5.83. The van der Waals surface area contributed by atoms with E-state index in [1.807, 2.05) is 12.1 Å². The molecule has 0 bridgehead atoms. The van der Waals surface area contributed by atoms with Crippen LogP contribution in [0.2, 0.25) is 0 Å². The average Bonchev–Trinajstić information content (AvgIpc) is 2.53. The lowest BCUT2D eigenvalue weighted by molar-refractivity contribution is -0.156. The van der Waals surface area contributed by atoms with E-state index in [-0.39, 0.29) is 19.1 Å². The molecule has 0 spiro atoms. The zero-order chi connectivity index (χ0) is 15.7. The SMILES string of the molecule is CC1(C(=O)O)CCCN(C(=O)C2COc3ccccc3O2)C1. The van der Waals surface area contributed by atoms with E-state index >= 15 is 0 Å². The standard InChI is InChI=1S/C16H19NO5/c1-16(15(19)20)7-4-8-17(10-16)14(18)13-9-21-11-5-2-3-6-12(11)22-13/h2-3,5-6,13H,4,7-10H2,1H3,(H,19,20). The van der Waals surface area contributed by atoms with Gasteiger partial charge >= 0.3 is 5.97 Å². The Kier molecular flexibility index (Phi) is 3.68. The number of amides is 1. The summed E-state index contributed by atoms with van der Waals surface area (Å²) in [7, 11) is 0. The smallest absolute Gasteiger partial charge is 0.311 e. The average molecular weight is 305 g/mol. The molecule has 6 nitrogen and oxygen atoms in total. The number of fused-ring (bicyclic) bond motifs is 1. The number of hydrogen-bond acceptors (Lipinski definition) is 4. The van der Waals surface area contributed by atoms with Crippen LogP contribution in [0.3, 0.4) is 0 Å². The summed E-state index contributed by atoms with van der Waals surface area (Å²) < 4.78 is 11.3. The van der Waals surface area contributed by atoms with E-state index in [9.17, 15) is 14.7 Å². The molecule has 2 unspecified atom stereocenters. The number of para-hydroxylation sites is 2. The first-order valence-electron chi connectivity index (χ1n) is 7.40. The molecule has 1 saturated heterocycles. The molecule has 1 aromatic rings. The highest BCUT2D eigenvalue weighted by Gasteiger charge is 2.41. The number of likely N-dealkylation sites (tertiary alicyclic amines) is 1. The summed E-state index contributed by atoms with van der Waals surface area (Å²) in [4.78, 5) is 25.6. The lowest BCUT2D eigenvalue weighted by Crippen LogP contribution is -2.53. The van der Waals surface area contributed by atoms with Crippen molar-refractivity contribution < 1.29 is 24.2 Å². The lowest BCUT2D eigenvalue weighted by atomic mass is 9.82. The molecule has 0 saturated carbocycles. The first kappa shape index (κ1) is 14.7. The van der Waals surface area contributed by atoms with Crippen LogP contribution in [0.25, 0.3) is 0 Å². The topological polar surface area (TPSA) is 76.1 Å². The van der Waals surface area contributed by atoms with E-state index in [1.165, 1.54) is 0 Å². The van der Waals surface area contributed by atoms with Crippen molar-refractivity contribution in [3.8, 4) is 11.5 Å². The van der Waals surface area contributed by atoms with Crippen LogP contribution < -0.4 is 9.47 Å². The molecule has 1 amide bonds. The van der Waals surface area contributed by atoms with Gasteiger partial charge in [0.15, 0.2) is 11.5 Å². The van der Waals surface area contributed by atoms with Gasteiger partial charge in [0, 0.05) is 13.1 Å². The Labute approximate surface area is 128 Å². The second kappa shape index (κ2) is 5.51. The molecule has 3 rings (SSSR count). The fourth-order valence-electron chi connectivity index (χ4n) is 2.95. The van der Waals surface area contributed by atoms with Crippen molar-refractivity contribution in [3.05, 3.63) is 24.3 Å². The fraction of sp³-hybridized carbons (Fsp3) is 0.500. The fourth-order valence-corrected chi connectivity index (χ4v) is 2.95. The molecule has 1 fully saturated rings. The van der Waals surface area contributed by atoms with E-state index in [0.717, 1.165) is 0 Å². The zero-order valence-corrected chi connectivity index (χ0v) is 12.4. The summed E-state index contributed by atoms with van der Waals surface area (Å²) in [5.41, 5.74) is -0.888. The minimum atomic E-state index is -0.888. The van der Waals surface area contributed by atoms with Crippen molar-refractivity contribution in [1.82, 2.24) is 4.90 Å². The number of aliphatic carboxylic acids is 1. The number of carboxylic acids is 1. The van der Waals surface area contributed by atoms with E-state index in [1.54, 1.807) is 24.0 Å². The van der Waals surface area contributed by atoms with E-state index in [2.05, 4.69) is 0 Å². The molecular weight excluding hydrogens is 286 g/mol. The molecule has 2 heterocycles. The van der Waals surface area contributed by atoms with Crippen LogP contribution in [0.1, 0.15) is 19.8 Å². The predicted molar refractivity (Wildman–Crippen MR) is 77.9 cm³/mol. The Balaban J connectivity index is 1.71.